The fourth-order valence-corrected chi connectivity index (χ4v) is 23.8. The lowest BCUT2D eigenvalue weighted by atomic mass is 9.73. The molecule has 6 aliphatic carbocycles. The van der Waals surface area contributed by atoms with Gasteiger partial charge in [-0.25, -0.2) is 19.2 Å². The highest BCUT2D eigenvalue weighted by molar-refractivity contribution is 9.10. The smallest absolute Gasteiger partial charge is 0.361 e. The molecule has 11 N–H and O–H groups in total. The summed E-state index contributed by atoms with van der Waals surface area (Å²) in [5.74, 6) is 1.37. The average molecular weight is 1980 g/mol. The SMILES string of the molecule is C.C.C.CCN(CC(F)(F)F)C(=O)N[C@H]1C=C2c3cccc4[nH]cc(c34)C[C@H]2N(C)C1.CCN(CC(F)(F)F)C(=O)N[C@H]1C[C@@H]2c3cccc4[nH]c(Br)c(c34)C[C@H]2N(C)C1.CCN(CC(F)(F)F)C(=O)N[C@H]1C[C@@H]2c3cccc4[nH]c(C5CC5)c(c34)C[C@H]2N(C)C1.CCN(CC(F)(F)F)C(=O)N[C@H]1C[C@@H]2c3cccc4[nH]cc(c34)C[C@H]2N(C)C1.CN1C[C@@H](N)C=C2c3cccc4[nH]cc(c34)C[C@H]21. The molecule has 0 unspecified atom stereocenters. The van der Waals surface area contributed by atoms with Crippen molar-refractivity contribution in [1.29, 1.82) is 0 Å². The van der Waals surface area contributed by atoms with Crippen LogP contribution in [-0.2, 0) is 32.1 Å². The first kappa shape index (κ1) is 103. The van der Waals surface area contributed by atoms with Gasteiger partial charge in [0.05, 0.1) is 10.6 Å². The van der Waals surface area contributed by atoms with E-state index in [2.05, 4.69) is 186 Å². The Bertz CT molecular complexity index is 6070. The maximum absolute atomic E-state index is 12.8. The molecule has 10 aromatic rings. The molecule has 36 heteroatoms. The van der Waals surface area contributed by atoms with Crippen molar-refractivity contribution in [2.75, 3.05) is 120 Å². The maximum atomic E-state index is 12.8. The van der Waals surface area contributed by atoms with Gasteiger partial charge in [-0.1, -0.05) is 95.1 Å². The van der Waals surface area contributed by atoms with Crippen LogP contribution >= 0.6 is 15.9 Å². The van der Waals surface area contributed by atoms with Gasteiger partial charge in [-0.2, -0.15) is 52.7 Å². The zero-order chi connectivity index (χ0) is 95.2. The molecule has 0 bridgehead atoms. The van der Waals surface area contributed by atoms with Gasteiger partial charge in [0, 0.05) is 210 Å². The van der Waals surface area contributed by atoms with Gasteiger partial charge >= 0.3 is 48.8 Å². The highest BCUT2D eigenvalue weighted by atomic mass is 79.9. The number of aromatic amines is 5. The van der Waals surface area contributed by atoms with Crippen molar-refractivity contribution in [3.8, 4) is 0 Å². The van der Waals surface area contributed by atoms with E-state index in [9.17, 15) is 71.9 Å². The molecule has 8 amide bonds. The third-order valence-corrected chi connectivity index (χ3v) is 30.1. The molecule has 0 radical (unpaired) electrons. The molecule has 10 heterocycles. The molecule has 23 nitrogen and oxygen atoms in total. The van der Waals surface area contributed by atoms with Crippen LogP contribution in [0.2, 0.25) is 0 Å². The van der Waals surface area contributed by atoms with E-state index in [1.807, 2.05) is 57.7 Å². The van der Waals surface area contributed by atoms with Crippen LogP contribution in [0, 0.1) is 0 Å². The number of alkyl halides is 12. The molecule has 5 aromatic heterocycles. The van der Waals surface area contributed by atoms with Crippen molar-refractivity contribution in [1.82, 2.24) is 90.3 Å². The summed E-state index contributed by atoms with van der Waals surface area (Å²) in [6, 6.07) is 29.7. The summed E-state index contributed by atoms with van der Waals surface area (Å²) in [5.41, 5.74) is 28.8. The summed E-state index contributed by atoms with van der Waals surface area (Å²) in [6.45, 7) is 4.75. The summed E-state index contributed by atoms with van der Waals surface area (Å²) in [5, 5.41) is 17.7. The number of carbonyl (C=O) groups is 4. The monoisotopic (exact) mass is 1980 g/mol. The number of aromatic nitrogens is 5. The van der Waals surface area contributed by atoms with Crippen molar-refractivity contribution in [2.45, 2.75) is 223 Å². The van der Waals surface area contributed by atoms with Crippen LogP contribution in [-0.4, -0.2) is 299 Å². The second-order valence-corrected chi connectivity index (χ2v) is 39.1. The van der Waals surface area contributed by atoms with Crippen LogP contribution in [0.4, 0.5) is 71.9 Å². The highest BCUT2D eigenvalue weighted by Crippen LogP contribution is 2.52. The minimum atomic E-state index is -4.41. The molecule has 1 saturated carbocycles. The van der Waals surface area contributed by atoms with Gasteiger partial charge in [0.25, 0.3) is 0 Å². The molecule has 0 spiro atoms. The lowest BCUT2D eigenvalue weighted by Gasteiger charge is -2.46. The number of benzene rings is 5. The number of likely N-dealkylation sites (tertiary alicyclic amines) is 3. The first-order chi connectivity index (χ1) is 63.7. The van der Waals surface area contributed by atoms with Gasteiger partial charge in [-0.05, 0) is 246 Å². The molecule has 744 valence electrons. The summed E-state index contributed by atoms with van der Waals surface area (Å²) < 4.78 is 154. The quantitative estimate of drug-likeness (QED) is 0.0489. The maximum Gasteiger partial charge on any atom is 0.406 e. The zero-order valence-electron chi connectivity index (χ0n) is 76.5. The molecule has 13 atom stereocenters. The Hall–Kier alpha value is -10.2. The molecule has 5 aliphatic heterocycles. The largest absolute Gasteiger partial charge is 0.406 e. The van der Waals surface area contributed by atoms with E-state index in [0.717, 1.165) is 103 Å². The minimum absolute atomic E-state index is 0. The topological polar surface area (TPSA) is 251 Å². The first-order valence-electron chi connectivity index (χ1n) is 46.6. The number of halogens is 13. The lowest BCUT2D eigenvalue weighted by molar-refractivity contribution is -0.140. The van der Waals surface area contributed by atoms with Crippen molar-refractivity contribution in [3.05, 3.63) is 188 Å². The van der Waals surface area contributed by atoms with Crippen molar-refractivity contribution >= 4 is 106 Å². The van der Waals surface area contributed by atoms with E-state index in [1.54, 1.807) is 27.7 Å². The Morgan fingerprint density at radius 2 is 0.752 bits per heavy atom. The van der Waals surface area contributed by atoms with E-state index in [1.165, 1.54) is 112 Å². The third kappa shape index (κ3) is 21.7. The van der Waals surface area contributed by atoms with Gasteiger partial charge in [0.2, 0.25) is 0 Å². The van der Waals surface area contributed by atoms with Crippen LogP contribution in [0.15, 0.2) is 126 Å². The summed E-state index contributed by atoms with van der Waals surface area (Å²) >= 11 is 3.64. The van der Waals surface area contributed by atoms with Gasteiger partial charge in [-0.3, -0.25) is 9.80 Å². The number of nitrogens with zero attached hydrogens (tertiary/aromatic N) is 9. The fourth-order valence-electron chi connectivity index (χ4n) is 23.3. The highest BCUT2D eigenvalue weighted by Gasteiger charge is 2.48. The predicted molar refractivity (Wildman–Crippen MR) is 520 cm³/mol. The number of piperidine rings is 3. The second kappa shape index (κ2) is 40.9. The second-order valence-electron chi connectivity index (χ2n) is 38.3. The number of nitrogens with two attached hydrogens (primary N) is 1. The van der Waals surface area contributed by atoms with Crippen LogP contribution in [0.5, 0.6) is 0 Å². The number of likely N-dealkylation sites (N-methyl/N-ethyl adjacent to an activating group) is 5. The number of carbonyl (C=O) groups excluding carboxylic acids is 4. The van der Waals surface area contributed by atoms with Gasteiger partial charge in [-0.15, -0.1) is 0 Å². The molecule has 3 saturated heterocycles. The van der Waals surface area contributed by atoms with Crippen LogP contribution in [0.1, 0.15) is 167 Å². The number of H-pyrrole nitrogens is 5. The average Bonchev–Trinajstić information content (AvgIpc) is 1.57. The summed E-state index contributed by atoms with van der Waals surface area (Å²) in [7, 11) is 10.3. The van der Waals surface area contributed by atoms with E-state index < -0.39 is 75.0 Å². The number of nitrogens with one attached hydrogen (secondary N) is 9. The number of hydrogen-bond acceptors (Lipinski definition) is 10. The van der Waals surface area contributed by atoms with Crippen LogP contribution in [0.3, 0.4) is 0 Å². The summed E-state index contributed by atoms with van der Waals surface area (Å²) in [4.78, 5) is 81.4. The Labute approximate surface area is 800 Å². The molecule has 5 aromatic carbocycles. The van der Waals surface area contributed by atoms with Crippen molar-refractivity contribution in [3.63, 3.8) is 0 Å². The number of rotatable bonds is 13. The molecule has 21 rings (SSSR count). The Balaban J connectivity index is 0.000000137. The van der Waals surface area contributed by atoms with Crippen LogP contribution < -0.4 is 27.0 Å². The van der Waals surface area contributed by atoms with Gasteiger partial charge in [0.15, 0.2) is 0 Å². The normalized spacial score (nSPS) is 24.2. The van der Waals surface area contributed by atoms with E-state index >= 15 is 0 Å². The van der Waals surface area contributed by atoms with Gasteiger partial charge < -0.3 is 86.2 Å². The number of urea groups is 4. The molecule has 4 fully saturated rings. The van der Waals surface area contributed by atoms with Crippen LogP contribution in [0.25, 0.3) is 65.7 Å². The van der Waals surface area contributed by atoms with Crippen molar-refractivity contribution in [2.24, 2.45) is 5.73 Å². The molecular weight excluding hydrogens is 1850 g/mol. The minimum Gasteiger partial charge on any atom is -0.361 e. The zero-order valence-corrected chi connectivity index (χ0v) is 78.1. The number of fused-ring (bicyclic) bond motifs is 10. The standard InChI is InChI=1S/C23H29F3N4O.C20H24BrF3N4O.C20H25F3N4O.C20H23F3N4O.C15H17N3.3CH4/c1-3-30(12-23(24,25)26)22(31)27-14-9-16-15-5-4-6-18-20(15)17(10-19(16)29(2)11-14)21(28-18)13-7-8-13;1-3-28(10-20(22,23)24)19(29)25-11-7-13-12-5-4-6-15-17(12)14(18(21)26-15)8-16(13)27(2)9-11;2*1-3-27(11-20(21,22)23)19(28)25-13-8-15-14-5-4-6-16-18(14)12(9-24-16)7-17(15)26(2)10-13;1-18-8-10(16)6-12-11-3-2-4-13-15(11)9(7-17-13)5-14(12)18;;;/h4-6,13-14,16,19,28H,3,7-12H2,1-2H3,(H,27,31);4-6,11,13,16,26H,3,7-10H2,1-2H3,(H,25,29);4-6,9,13,15,17,24H,3,7-8,10-11H2,1-2H3,(H,25,28);4-6,8-9,13,17,24H,3,7,10-11H2,1-2H3,(H,25,28);2-4,6-7,10,14,17H,5,8,16H2,1H3;3*1H4/t14-,16+,19+;11-,13+,16+;13-,15+,17+;13-,17+;10-,14+;;;/m00000.../s1. The van der Waals surface area contributed by atoms with E-state index in [4.69, 9.17) is 5.73 Å². The number of hydrogen-bond donors (Lipinski definition) is 10. The molecule has 11 aliphatic rings. The Kier molecular flexibility index (Phi) is 30.6. The lowest BCUT2D eigenvalue weighted by Crippen LogP contribution is -2.57. The van der Waals surface area contributed by atoms with Crippen molar-refractivity contribution < 1.29 is 71.9 Å². The fraction of sp³-hybridized carbons (Fsp3) is 0.525. The summed E-state index contributed by atoms with van der Waals surface area (Å²) in [6.07, 6.45) is 2.40. The van der Waals surface area contributed by atoms with E-state index in [0.29, 0.717) is 62.7 Å². The predicted octanol–water partition coefficient (Wildman–Crippen LogP) is 19.1. The molecular formula is C101H130BrF12N19O4. The first-order valence-corrected chi connectivity index (χ1v) is 47.4. The Morgan fingerprint density at radius 1 is 0.409 bits per heavy atom. The third-order valence-electron chi connectivity index (χ3n) is 29.4. The Morgan fingerprint density at radius 3 is 1.16 bits per heavy atom. The van der Waals surface area contributed by atoms with Gasteiger partial charge in [0.1, 0.15) is 26.2 Å². The molecule has 137 heavy (non-hydrogen) atoms. The number of amides is 8. The van der Waals surface area contributed by atoms with E-state index in [-0.39, 0.29) is 102 Å².